The molecule has 1 aliphatic rings. The monoisotopic (exact) mass is 547 g/mol. The summed E-state index contributed by atoms with van der Waals surface area (Å²) in [7, 11) is 3.05. The molecular weight excluding hydrogens is 526 g/mol. The van der Waals surface area contributed by atoms with Crippen LogP contribution in [0.3, 0.4) is 0 Å². The van der Waals surface area contributed by atoms with Crippen molar-refractivity contribution < 1.29 is 24.2 Å². The molecule has 0 spiro atoms. The van der Waals surface area contributed by atoms with Crippen molar-refractivity contribution in [2.75, 3.05) is 19.1 Å². The molecule has 2 N–H and O–H groups in total. The lowest BCUT2D eigenvalue weighted by molar-refractivity contribution is -0.132. The van der Waals surface area contributed by atoms with Crippen LogP contribution in [0.2, 0.25) is 0 Å². The van der Waals surface area contributed by atoms with Crippen molar-refractivity contribution in [1.82, 2.24) is 9.97 Å². The van der Waals surface area contributed by atoms with Crippen LogP contribution in [0.5, 0.6) is 11.5 Å². The summed E-state index contributed by atoms with van der Waals surface area (Å²) in [6, 6.07) is 16.9. The van der Waals surface area contributed by atoms with Gasteiger partial charge in [-0.3, -0.25) is 14.5 Å². The minimum absolute atomic E-state index is 0.0106. The number of carbonyl (C=O) groups excluding carboxylic acids is 2. The molecule has 1 atom stereocenters. The fourth-order valence-corrected chi connectivity index (χ4v) is 4.67. The Morgan fingerprint density at radius 1 is 1.03 bits per heavy atom. The summed E-state index contributed by atoms with van der Waals surface area (Å²) in [6.07, 6.45) is 0. The van der Waals surface area contributed by atoms with E-state index >= 15 is 0 Å². The molecule has 1 aliphatic heterocycles. The van der Waals surface area contributed by atoms with Gasteiger partial charge in [0, 0.05) is 22.2 Å². The Bertz CT molecular complexity index is 1500. The number of nitrogens with one attached hydrogen (secondary N) is 1. The predicted molar refractivity (Wildman–Crippen MR) is 139 cm³/mol. The number of aromatic nitrogens is 2. The van der Waals surface area contributed by atoms with Crippen LogP contribution >= 0.6 is 15.9 Å². The largest absolute Gasteiger partial charge is 0.507 e. The van der Waals surface area contributed by atoms with E-state index in [-0.39, 0.29) is 17.3 Å². The highest BCUT2D eigenvalue weighted by atomic mass is 79.9. The van der Waals surface area contributed by atoms with Crippen molar-refractivity contribution in [2.45, 2.75) is 13.0 Å². The number of hydrogen-bond donors (Lipinski definition) is 2. The Balaban J connectivity index is 1.72. The summed E-state index contributed by atoms with van der Waals surface area (Å²) in [5.74, 6) is -0.697. The van der Waals surface area contributed by atoms with Gasteiger partial charge in [-0.2, -0.15) is 0 Å². The number of rotatable bonds is 5. The van der Waals surface area contributed by atoms with E-state index in [0.717, 1.165) is 10.0 Å². The number of anilines is 1. The quantitative estimate of drug-likeness (QED) is 0.200. The highest BCUT2D eigenvalue weighted by Gasteiger charge is 2.48. The number of hydrogen-bond acceptors (Lipinski definition) is 6. The van der Waals surface area contributed by atoms with Crippen LogP contribution in [0, 0.1) is 6.92 Å². The first-order chi connectivity index (χ1) is 17.3. The van der Waals surface area contributed by atoms with Gasteiger partial charge in [0.05, 0.1) is 36.9 Å². The summed E-state index contributed by atoms with van der Waals surface area (Å²) in [5.41, 5.74) is 3.15. The number of H-pyrrole nitrogens is 1. The first-order valence-corrected chi connectivity index (χ1v) is 11.9. The lowest BCUT2D eigenvalue weighted by atomic mass is 9.94. The number of ketones is 1. The van der Waals surface area contributed by atoms with Crippen molar-refractivity contribution in [3.63, 3.8) is 0 Å². The van der Waals surface area contributed by atoms with Gasteiger partial charge in [0.2, 0.25) is 5.95 Å². The molecule has 182 valence electrons. The fourth-order valence-electron chi connectivity index (χ4n) is 4.41. The van der Waals surface area contributed by atoms with Crippen molar-refractivity contribution in [2.24, 2.45) is 0 Å². The number of nitrogens with zero attached hydrogens (tertiary/aromatic N) is 2. The number of benzene rings is 3. The summed E-state index contributed by atoms with van der Waals surface area (Å²) in [4.78, 5) is 35.8. The number of aliphatic hydroxyl groups is 1. The number of imidazole rings is 1. The van der Waals surface area contributed by atoms with Crippen LogP contribution in [0.1, 0.15) is 22.7 Å². The minimum atomic E-state index is -0.891. The van der Waals surface area contributed by atoms with Crippen LogP contribution in [0.4, 0.5) is 5.95 Å². The number of ether oxygens (including phenoxy) is 2. The van der Waals surface area contributed by atoms with E-state index in [1.165, 1.54) is 19.1 Å². The van der Waals surface area contributed by atoms with Crippen molar-refractivity contribution in [3.05, 3.63) is 87.4 Å². The Kier molecular flexibility index (Phi) is 6.01. The van der Waals surface area contributed by atoms with Crippen LogP contribution in [-0.2, 0) is 9.59 Å². The molecule has 1 amide bonds. The van der Waals surface area contributed by atoms with Gasteiger partial charge in [-0.15, -0.1) is 0 Å². The second-order valence-electron chi connectivity index (χ2n) is 8.37. The van der Waals surface area contributed by atoms with Crippen molar-refractivity contribution >= 4 is 50.4 Å². The third-order valence-corrected chi connectivity index (χ3v) is 6.65. The highest BCUT2D eigenvalue weighted by molar-refractivity contribution is 9.10. The second-order valence-corrected chi connectivity index (χ2v) is 9.29. The van der Waals surface area contributed by atoms with Crippen LogP contribution < -0.4 is 14.4 Å². The van der Waals surface area contributed by atoms with Gasteiger partial charge >= 0.3 is 5.91 Å². The van der Waals surface area contributed by atoms with Crippen LogP contribution in [0.15, 0.2) is 70.7 Å². The standard InChI is InChI=1S/C27H22BrN3O5/c1-14-5-4-6-16(11-14)23-22(24(32)15-7-9-17(28)10-8-15)25(33)26(34)31(23)27-29-18-12-20(35-2)21(36-3)13-19(18)30-27/h4-13,23,32H,1-3H3,(H,29,30)/b24-22+. The normalized spacial score (nSPS) is 17.1. The summed E-state index contributed by atoms with van der Waals surface area (Å²) in [5, 5.41) is 11.2. The number of carbonyl (C=O) groups is 2. The smallest absolute Gasteiger partial charge is 0.302 e. The van der Waals surface area contributed by atoms with Gasteiger partial charge in [-0.05, 0) is 24.6 Å². The Morgan fingerprint density at radius 2 is 1.72 bits per heavy atom. The molecule has 4 aromatic rings. The molecule has 8 nitrogen and oxygen atoms in total. The van der Waals surface area contributed by atoms with E-state index < -0.39 is 17.7 Å². The third-order valence-electron chi connectivity index (χ3n) is 6.12. The molecule has 36 heavy (non-hydrogen) atoms. The summed E-state index contributed by atoms with van der Waals surface area (Å²) in [6.45, 7) is 1.92. The lowest BCUT2D eigenvalue weighted by Crippen LogP contribution is -2.30. The average molecular weight is 548 g/mol. The Labute approximate surface area is 215 Å². The third kappa shape index (κ3) is 3.91. The van der Waals surface area contributed by atoms with E-state index in [2.05, 4.69) is 25.9 Å². The number of amides is 1. The maximum absolute atomic E-state index is 13.4. The zero-order chi connectivity index (χ0) is 25.6. The van der Waals surface area contributed by atoms with E-state index in [1.54, 1.807) is 36.4 Å². The zero-order valence-electron chi connectivity index (χ0n) is 19.7. The highest BCUT2D eigenvalue weighted by Crippen LogP contribution is 2.42. The average Bonchev–Trinajstić information content (AvgIpc) is 3.40. The molecule has 1 aromatic heterocycles. The van der Waals surface area contributed by atoms with Crippen molar-refractivity contribution in [3.8, 4) is 11.5 Å². The molecular formula is C27H22BrN3O5. The maximum Gasteiger partial charge on any atom is 0.302 e. The molecule has 1 unspecified atom stereocenters. The molecule has 9 heteroatoms. The lowest BCUT2D eigenvalue weighted by Gasteiger charge is -2.23. The van der Waals surface area contributed by atoms with E-state index in [1.807, 2.05) is 31.2 Å². The minimum Gasteiger partial charge on any atom is -0.507 e. The van der Waals surface area contributed by atoms with Gasteiger partial charge in [0.15, 0.2) is 11.5 Å². The van der Waals surface area contributed by atoms with Gasteiger partial charge in [0.1, 0.15) is 5.76 Å². The first kappa shape index (κ1) is 23.6. The molecule has 0 saturated carbocycles. The van der Waals surface area contributed by atoms with E-state index in [4.69, 9.17) is 9.47 Å². The maximum atomic E-state index is 13.4. The molecule has 0 bridgehead atoms. The SMILES string of the molecule is COc1cc2nc(N3C(=O)C(=O)/C(=C(/O)c4ccc(Br)cc4)C3c3cccc(C)c3)[nH]c2cc1OC. The molecule has 0 aliphatic carbocycles. The number of halogens is 1. The van der Waals surface area contributed by atoms with Gasteiger partial charge < -0.3 is 19.6 Å². The molecule has 0 radical (unpaired) electrons. The second kappa shape index (κ2) is 9.16. The number of Topliss-reactive ketones (excluding diaryl/α,β-unsaturated/α-hetero) is 1. The number of aryl methyl sites for hydroxylation is 1. The molecule has 1 fully saturated rings. The molecule has 3 aromatic carbocycles. The Morgan fingerprint density at radius 3 is 2.39 bits per heavy atom. The molecule has 5 rings (SSSR count). The zero-order valence-corrected chi connectivity index (χ0v) is 21.3. The summed E-state index contributed by atoms with van der Waals surface area (Å²) >= 11 is 3.38. The predicted octanol–water partition coefficient (Wildman–Crippen LogP) is 5.28. The number of aromatic amines is 1. The first-order valence-electron chi connectivity index (χ1n) is 11.1. The van der Waals surface area contributed by atoms with Crippen LogP contribution in [-0.4, -0.2) is 41.0 Å². The summed E-state index contributed by atoms with van der Waals surface area (Å²) < 4.78 is 11.6. The van der Waals surface area contributed by atoms with Gasteiger partial charge in [-0.25, -0.2) is 4.98 Å². The topological polar surface area (TPSA) is 105 Å². The number of aliphatic hydroxyl groups excluding tert-OH is 1. The van der Waals surface area contributed by atoms with Gasteiger partial charge in [0.25, 0.3) is 5.78 Å². The molecule has 2 heterocycles. The fraction of sp³-hybridized carbons (Fsp3) is 0.148. The number of methoxy groups -OCH3 is 2. The Hall–Kier alpha value is -4.11. The molecule has 1 saturated heterocycles. The van der Waals surface area contributed by atoms with E-state index in [9.17, 15) is 14.7 Å². The number of fused-ring (bicyclic) bond motifs is 1. The van der Waals surface area contributed by atoms with E-state index in [0.29, 0.717) is 33.7 Å². The van der Waals surface area contributed by atoms with Crippen molar-refractivity contribution in [1.29, 1.82) is 0 Å². The van der Waals surface area contributed by atoms with Gasteiger partial charge in [-0.1, -0.05) is 57.9 Å². The van der Waals surface area contributed by atoms with Crippen LogP contribution in [0.25, 0.3) is 16.8 Å².